The number of benzene rings is 2. The van der Waals surface area contributed by atoms with Gasteiger partial charge >= 0.3 is 0 Å². The lowest BCUT2D eigenvalue weighted by Crippen LogP contribution is -2.51. The fraction of sp³-hybridized carbons (Fsp3) is 0.267. The predicted molar refractivity (Wildman–Crippen MR) is 320 cm³/mol. The number of nitriles is 2. The maximum atomic E-state index is 13.5. The first kappa shape index (κ1) is 56.3. The van der Waals surface area contributed by atoms with E-state index in [-0.39, 0.29) is 11.8 Å². The summed E-state index contributed by atoms with van der Waals surface area (Å²) < 4.78 is 6.79. The zero-order valence-corrected chi connectivity index (χ0v) is 48.5. The van der Waals surface area contributed by atoms with E-state index in [1.165, 1.54) is 0 Å². The molecule has 84 heavy (non-hydrogen) atoms. The number of carbonyl (C=O) groups excluding carboxylic acids is 2. The molecule has 12 rings (SSSR count). The summed E-state index contributed by atoms with van der Waals surface area (Å²) in [4.78, 5) is 58.4. The molecular formula is C60H58Cl2N20O2. The summed E-state index contributed by atoms with van der Waals surface area (Å²) in [5, 5.41) is 37.9. The molecule has 0 aliphatic carbocycles. The zero-order chi connectivity index (χ0) is 58.8. The predicted octanol–water partition coefficient (Wildman–Crippen LogP) is 7.34. The van der Waals surface area contributed by atoms with Crippen LogP contribution in [0.4, 0.5) is 11.6 Å². The standard InChI is InChI=1S/2C30H29ClN10O/c2*1-37(2)29(20-5-4-6-24(31)13-20)30(42)40-11-9-39(10-12-40)26-8-7-21(15-33-26)27-28-22(14-32)16-35-41(28)19-25(36-27)23-17-34-38(3)18-23/h2*4-8,13,15-19,29H,9-12H2,1-3H3/t2*29-/m10/s1. The van der Waals surface area contributed by atoms with Crippen LogP contribution in [0.15, 0.2) is 135 Å². The molecule has 0 N–H and O–H groups in total. The fourth-order valence-corrected chi connectivity index (χ4v) is 11.1. The fourth-order valence-electron chi connectivity index (χ4n) is 10.7. The highest BCUT2D eigenvalue weighted by Crippen LogP contribution is 2.33. The third-order valence-electron chi connectivity index (χ3n) is 14.9. The highest BCUT2D eigenvalue weighted by Gasteiger charge is 2.33. The van der Waals surface area contributed by atoms with E-state index in [0.29, 0.717) is 107 Å². The number of hydrogen-bond acceptors (Lipinski definition) is 16. The van der Waals surface area contributed by atoms with Crippen LogP contribution in [0.25, 0.3) is 56.1 Å². The van der Waals surface area contributed by atoms with E-state index >= 15 is 0 Å². The Morgan fingerprint density at radius 2 is 0.917 bits per heavy atom. The van der Waals surface area contributed by atoms with Gasteiger partial charge in [-0.2, -0.15) is 30.9 Å². The third-order valence-corrected chi connectivity index (χ3v) is 15.4. The van der Waals surface area contributed by atoms with E-state index in [4.69, 9.17) is 43.1 Å². The summed E-state index contributed by atoms with van der Waals surface area (Å²) in [6.07, 6.45) is 17.5. The number of pyridine rings is 2. The van der Waals surface area contributed by atoms with Gasteiger partial charge in [-0.1, -0.05) is 47.5 Å². The number of rotatable bonds is 12. The molecular weight excluding hydrogens is 1100 g/mol. The number of likely N-dealkylation sites (N-methyl/N-ethyl adjacent to an activating group) is 2. The van der Waals surface area contributed by atoms with Crippen molar-refractivity contribution in [1.82, 2.24) is 78.3 Å². The van der Waals surface area contributed by atoms with E-state index in [1.807, 2.05) is 147 Å². The Morgan fingerprint density at radius 1 is 0.512 bits per heavy atom. The molecule has 10 heterocycles. The van der Waals surface area contributed by atoms with Crippen LogP contribution in [0.3, 0.4) is 0 Å². The van der Waals surface area contributed by atoms with Crippen molar-refractivity contribution in [2.45, 2.75) is 12.1 Å². The SMILES string of the molecule is CN(C)[C@@H](C(=O)N1CCN(c2ccc(-c3nc(-c4cnn(C)c4)cn4ncc(C#N)c34)cn2)CC1)c1cccc(Cl)c1.CN(C)[C@H](C(=O)N1CCN(c2ccc(-c3nc(-c4cnn(C)c4)cn4ncc(C#N)c34)cn2)CC1)c1cccc(Cl)c1. The maximum absolute atomic E-state index is 13.5. The van der Waals surface area contributed by atoms with Gasteiger partial charge in [-0.05, 0) is 87.8 Å². The van der Waals surface area contributed by atoms with Crippen LogP contribution < -0.4 is 9.80 Å². The van der Waals surface area contributed by atoms with E-state index < -0.39 is 12.1 Å². The smallest absolute Gasteiger partial charge is 0.244 e. The number of amides is 2. The van der Waals surface area contributed by atoms with Gasteiger partial charge in [0.1, 0.15) is 58.0 Å². The molecule has 2 atom stereocenters. The van der Waals surface area contributed by atoms with E-state index in [1.54, 1.807) is 68.0 Å². The van der Waals surface area contributed by atoms with E-state index in [0.717, 1.165) is 45.0 Å². The average Bonchev–Trinajstić information content (AvgIpc) is 2.71. The zero-order valence-electron chi connectivity index (χ0n) is 47.0. The number of nitrogens with zero attached hydrogens (tertiary/aromatic N) is 20. The average molecular weight is 1160 g/mol. The van der Waals surface area contributed by atoms with Gasteiger partial charge < -0.3 is 19.6 Å². The van der Waals surface area contributed by atoms with Gasteiger partial charge in [-0.25, -0.2) is 29.0 Å². The maximum Gasteiger partial charge on any atom is 0.244 e. The van der Waals surface area contributed by atoms with Gasteiger partial charge in [0.15, 0.2) is 0 Å². The second-order valence-electron chi connectivity index (χ2n) is 21.0. The number of piperazine rings is 2. The summed E-state index contributed by atoms with van der Waals surface area (Å²) in [6.45, 7) is 4.99. The molecule has 22 nitrogen and oxygen atoms in total. The molecule has 0 saturated carbocycles. The molecule has 2 aliphatic rings. The number of carbonyl (C=O) groups is 2. The first-order valence-corrected chi connectivity index (χ1v) is 27.8. The van der Waals surface area contributed by atoms with Crippen molar-refractivity contribution >= 4 is 57.7 Å². The summed E-state index contributed by atoms with van der Waals surface area (Å²) in [7, 11) is 11.3. The van der Waals surface area contributed by atoms with E-state index in [9.17, 15) is 20.1 Å². The summed E-state index contributed by atoms with van der Waals surface area (Å²) in [5.41, 5.74) is 9.76. The Kier molecular flexibility index (Phi) is 16.1. The van der Waals surface area contributed by atoms with Crippen LogP contribution in [0, 0.1) is 22.7 Å². The Labute approximate surface area is 494 Å². The Balaban J connectivity index is 0.000000175. The van der Waals surface area contributed by atoms with Crippen LogP contribution in [0.5, 0.6) is 0 Å². The van der Waals surface area contributed by atoms with Crippen LogP contribution in [0.2, 0.25) is 10.0 Å². The minimum absolute atomic E-state index is 0.0583. The third kappa shape index (κ3) is 11.6. The van der Waals surface area contributed by atoms with Crippen molar-refractivity contribution in [2.75, 3.05) is 90.3 Å². The largest absolute Gasteiger partial charge is 0.353 e. The number of fused-ring (bicyclic) bond motifs is 2. The number of aromatic nitrogens is 12. The van der Waals surface area contributed by atoms with Crippen LogP contribution >= 0.6 is 23.2 Å². The first-order valence-electron chi connectivity index (χ1n) is 27.0. The van der Waals surface area contributed by atoms with Crippen molar-refractivity contribution < 1.29 is 9.59 Å². The molecule has 2 amide bonds. The van der Waals surface area contributed by atoms with Gasteiger partial charge in [0.2, 0.25) is 11.8 Å². The van der Waals surface area contributed by atoms with Crippen molar-refractivity contribution in [3.63, 3.8) is 0 Å². The first-order chi connectivity index (χ1) is 40.6. The Hall–Kier alpha value is -9.58. The van der Waals surface area contributed by atoms with Crippen molar-refractivity contribution in [3.05, 3.63) is 167 Å². The second-order valence-corrected chi connectivity index (χ2v) is 21.8. The second kappa shape index (κ2) is 24.1. The quantitative estimate of drug-likeness (QED) is 0.117. The molecule has 0 bridgehead atoms. The Bertz CT molecular complexity index is 3860. The van der Waals surface area contributed by atoms with Crippen molar-refractivity contribution in [2.24, 2.45) is 14.1 Å². The van der Waals surface area contributed by atoms with Crippen molar-refractivity contribution in [1.29, 1.82) is 10.5 Å². The Morgan fingerprint density at radius 3 is 1.24 bits per heavy atom. The molecule has 2 saturated heterocycles. The molecule has 24 heteroatoms. The molecule has 424 valence electrons. The monoisotopic (exact) mass is 1160 g/mol. The molecule has 0 spiro atoms. The van der Waals surface area contributed by atoms with Crippen LogP contribution in [-0.2, 0) is 23.7 Å². The van der Waals surface area contributed by atoms with Crippen molar-refractivity contribution in [3.8, 4) is 57.2 Å². The lowest BCUT2D eigenvalue weighted by atomic mass is 10.0. The normalized spacial score (nSPS) is 14.4. The van der Waals surface area contributed by atoms with E-state index in [2.05, 4.69) is 42.3 Å². The lowest BCUT2D eigenvalue weighted by molar-refractivity contribution is -0.137. The van der Waals surface area contributed by atoms with Crippen LogP contribution in [0.1, 0.15) is 34.3 Å². The topological polar surface area (TPSA) is 223 Å². The van der Waals surface area contributed by atoms with Gasteiger partial charge in [0.25, 0.3) is 0 Å². The number of aryl methyl sites for hydroxylation is 2. The highest BCUT2D eigenvalue weighted by atomic mass is 35.5. The number of hydrogen-bond donors (Lipinski definition) is 0. The van der Waals surface area contributed by atoms with Gasteiger partial charge in [0, 0.05) is 124 Å². The minimum Gasteiger partial charge on any atom is -0.353 e. The molecule has 10 aromatic rings. The summed E-state index contributed by atoms with van der Waals surface area (Å²) in [5.74, 6) is 1.75. The molecule has 2 aliphatic heterocycles. The minimum atomic E-state index is -0.402. The number of anilines is 2. The molecule has 2 fully saturated rings. The molecule has 0 unspecified atom stereocenters. The van der Waals surface area contributed by atoms with Gasteiger partial charge in [-0.3, -0.25) is 28.8 Å². The summed E-state index contributed by atoms with van der Waals surface area (Å²) >= 11 is 12.4. The van der Waals surface area contributed by atoms with Crippen LogP contribution in [-0.4, -0.2) is 171 Å². The highest BCUT2D eigenvalue weighted by molar-refractivity contribution is 6.31. The van der Waals surface area contributed by atoms with Gasteiger partial charge in [-0.15, -0.1) is 0 Å². The lowest BCUT2D eigenvalue weighted by Gasteiger charge is -2.38. The molecule has 2 aromatic carbocycles. The number of halogens is 2. The molecule has 0 radical (unpaired) electrons. The molecule has 8 aromatic heterocycles. The van der Waals surface area contributed by atoms with Gasteiger partial charge in [0.05, 0.1) is 60.0 Å². The summed E-state index contributed by atoms with van der Waals surface area (Å²) in [6, 6.07) is 26.4.